The lowest BCUT2D eigenvalue weighted by Gasteiger charge is -2.03. The summed E-state index contributed by atoms with van der Waals surface area (Å²) in [5.41, 5.74) is 1.99. The minimum Gasteiger partial charge on any atom is -0.273 e. The third kappa shape index (κ3) is 1.42. The molecule has 2 aromatic rings. The zero-order valence-corrected chi connectivity index (χ0v) is 8.17. The van der Waals surface area contributed by atoms with Crippen molar-refractivity contribution in [3.8, 4) is 0 Å². The van der Waals surface area contributed by atoms with Gasteiger partial charge in [-0.2, -0.15) is 4.98 Å². The van der Waals surface area contributed by atoms with Gasteiger partial charge < -0.3 is 0 Å². The highest BCUT2D eigenvalue weighted by Gasteiger charge is 1.98. The van der Waals surface area contributed by atoms with Gasteiger partial charge in [-0.3, -0.25) is 4.40 Å². The zero-order chi connectivity index (χ0) is 9.42. The van der Waals surface area contributed by atoms with Crippen molar-refractivity contribution in [2.75, 3.05) is 0 Å². The fraction of sp³-hybridized carbons (Fsp3) is 0.250. The van der Waals surface area contributed by atoms with E-state index in [9.17, 15) is 0 Å². The summed E-state index contributed by atoms with van der Waals surface area (Å²) in [5.74, 6) is 0.609. The Kier molecular flexibility index (Phi) is 1.81. The van der Waals surface area contributed by atoms with Crippen molar-refractivity contribution in [3.05, 3.63) is 28.6 Å². The average Bonchev–Trinajstić information content (AvgIpc) is 2.02. The lowest BCUT2D eigenvalue weighted by molar-refractivity contribution is 0.908. The van der Waals surface area contributed by atoms with E-state index in [0.717, 1.165) is 11.4 Å². The van der Waals surface area contributed by atoms with Gasteiger partial charge in [0.1, 0.15) is 6.33 Å². The van der Waals surface area contributed by atoms with Crippen LogP contribution in [-0.2, 0) is 0 Å². The molecule has 2 rings (SSSR count). The van der Waals surface area contributed by atoms with Gasteiger partial charge in [0.05, 0.1) is 0 Å². The molecular weight excluding hydrogens is 184 g/mol. The molecular formula is C8H8N4S. The Morgan fingerprint density at radius 3 is 2.85 bits per heavy atom. The van der Waals surface area contributed by atoms with E-state index in [4.69, 9.17) is 12.2 Å². The quantitative estimate of drug-likeness (QED) is 0.593. The molecule has 0 atom stereocenters. The summed E-state index contributed by atoms with van der Waals surface area (Å²) in [6, 6.07) is 1.97. The minimum absolute atomic E-state index is 0.331. The summed E-state index contributed by atoms with van der Waals surface area (Å²) < 4.78 is 2.14. The Bertz CT molecular complexity index is 517. The Hall–Kier alpha value is -1.36. The standard InChI is InChI=1S/C8H8N4S/c1-5-3-6(2)12-4-9-8(13)11-7(12)10-5/h3-4H,1-2H3. The van der Waals surface area contributed by atoms with E-state index < -0.39 is 0 Å². The van der Waals surface area contributed by atoms with E-state index in [-0.39, 0.29) is 0 Å². The molecule has 0 aromatic carbocycles. The van der Waals surface area contributed by atoms with Gasteiger partial charge in [-0.05, 0) is 32.1 Å². The van der Waals surface area contributed by atoms with Crippen LogP contribution in [0.5, 0.6) is 0 Å². The molecule has 0 amide bonds. The van der Waals surface area contributed by atoms with Gasteiger partial charge in [0.15, 0.2) is 0 Å². The molecule has 0 aliphatic heterocycles. The Morgan fingerprint density at radius 2 is 2.08 bits per heavy atom. The van der Waals surface area contributed by atoms with Gasteiger partial charge >= 0.3 is 0 Å². The van der Waals surface area contributed by atoms with Crippen LogP contribution in [0.2, 0.25) is 0 Å². The number of rotatable bonds is 0. The molecule has 0 spiro atoms. The van der Waals surface area contributed by atoms with Crippen molar-refractivity contribution in [2.45, 2.75) is 13.8 Å². The third-order valence-corrected chi connectivity index (χ3v) is 1.97. The van der Waals surface area contributed by atoms with Gasteiger partial charge in [0, 0.05) is 11.4 Å². The average molecular weight is 192 g/mol. The van der Waals surface area contributed by atoms with Crippen LogP contribution in [0, 0.1) is 18.6 Å². The SMILES string of the molecule is Cc1cc(C)n2cnc(=S)nc2n1. The number of aryl methyl sites for hydroxylation is 2. The van der Waals surface area contributed by atoms with Crippen molar-refractivity contribution >= 4 is 18.0 Å². The molecule has 0 unspecified atom stereocenters. The molecule has 0 saturated heterocycles. The first-order valence-corrected chi connectivity index (χ1v) is 4.27. The molecule has 0 aliphatic carbocycles. The van der Waals surface area contributed by atoms with Crippen molar-refractivity contribution in [1.82, 2.24) is 19.4 Å². The Labute approximate surface area is 80.3 Å². The number of fused-ring (bicyclic) bond motifs is 1. The van der Waals surface area contributed by atoms with E-state index in [1.807, 2.05) is 24.3 Å². The zero-order valence-electron chi connectivity index (χ0n) is 7.35. The van der Waals surface area contributed by atoms with Crippen LogP contribution in [0.1, 0.15) is 11.4 Å². The lowest BCUT2D eigenvalue weighted by atomic mass is 10.3. The predicted molar refractivity (Wildman–Crippen MR) is 51.1 cm³/mol. The summed E-state index contributed by atoms with van der Waals surface area (Å²) in [6.45, 7) is 3.91. The second-order valence-electron chi connectivity index (χ2n) is 2.85. The van der Waals surface area contributed by atoms with E-state index in [0.29, 0.717) is 10.5 Å². The second kappa shape index (κ2) is 2.85. The van der Waals surface area contributed by atoms with Gasteiger partial charge in [0.25, 0.3) is 0 Å². The molecule has 5 heteroatoms. The highest BCUT2D eigenvalue weighted by molar-refractivity contribution is 7.71. The van der Waals surface area contributed by atoms with Crippen molar-refractivity contribution < 1.29 is 0 Å². The van der Waals surface area contributed by atoms with Crippen molar-refractivity contribution in [3.63, 3.8) is 0 Å². The first kappa shape index (κ1) is 8.25. The molecule has 0 fully saturated rings. The van der Waals surface area contributed by atoms with E-state index in [1.54, 1.807) is 6.33 Å². The number of hydrogen-bond donors (Lipinski definition) is 0. The van der Waals surface area contributed by atoms with E-state index in [2.05, 4.69) is 15.0 Å². The summed E-state index contributed by atoms with van der Waals surface area (Å²) in [5, 5.41) is 0. The fourth-order valence-electron chi connectivity index (χ4n) is 1.22. The molecule has 2 heterocycles. The van der Waals surface area contributed by atoms with Crippen LogP contribution in [0.4, 0.5) is 0 Å². The van der Waals surface area contributed by atoms with Crippen molar-refractivity contribution in [2.24, 2.45) is 0 Å². The van der Waals surface area contributed by atoms with Gasteiger partial charge in [0.2, 0.25) is 10.5 Å². The second-order valence-corrected chi connectivity index (χ2v) is 3.21. The first-order chi connectivity index (χ1) is 6.16. The fourth-order valence-corrected chi connectivity index (χ4v) is 1.35. The highest BCUT2D eigenvalue weighted by Crippen LogP contribution is 2.02. The van der Waals surface area contributed by atoms with E-state index in [1.165, 1.54) is 0 Å². The Balaban J connectivity index is 2.94. The largest absolute Gasteiger partial charge is 0.273 e. The maximum atomic E-state index is 4.85. The van der Waals surface area contributed by atoms with Crippen LogP contribution in [-0.4, -0.2) is 19.4 Å². The molecule has 13 heavy (non-hydrogen) atoms. The topological polar surface area (TPSA) is 43.1 Å². The minimum atomic E-state index is 0.331. The highest BCUT2D eigenvalue weighted by atomic mass is 32.1. The van der Waals surface area contributed by atoms with Gasteiger partial charge in [-0.25, -0.2) is 9.97 Å². The molecule has 0 bridgehead atoms. The van der Waals surface area contributed by atoms with Crippen LogP contribution >= 0.6 is 12.2 Å². The summed E-state index contributed by atoms with van der Waals surface area (Å²) in [4.78, 5) is 12.2. The van der Waals surface area contributed by atoms with Gasteiger partial charge in [-0.1, -0.05) is 0 Å². The lowest BCUT2D eigenvalue weighted by Crippen LogP contribution is -2.02. The number of nitrogens with zero attached hydrogens (tertiary/aromatic N) is 4. The molecule has 66 valence electrons. The summed E-state index contributed by atoms with van der Waals surface area (Å²) >= 11 is 4.85. The van der Waals surface area contributed by atoms with E-state index >= 15 is 0 Å². The summed E-state index contributed by atoms with van der Waals surface area (Å²) in [7, 11) is 0. The molecule has 2 aromatic heterocycles. The molecule has 0 N–H and O–H groups in total. The smallest absolute Gasteiger partial charge is 0.238 e. The van der Waals surface area contributed by atoms with Crippen LogP contribution < -0.4 is 0 Å². The molecule has 0 radical (unpaired) electrons. The third-order valence-electron chi connectivity index (χ3n) is 1.77. The van der Waals surface area contributed by atoms with Gasteiger partial charge in [-0.15, -0.1) is 0 Å². The first-order valence-electron chi connectivity index (χ1n) is 3.86. The molecule has 0 saturated carbocycles. The summed E-state index contributed by atoms with van der Waals surface area (Å²) in [6.07, 6.45) is 1.65. The van der Waals surface area contributed by atoms with Crippen LogP contribution in [0.15, 0.2) is 12.4 Å². The number of hydrogen-bond acceptors (Lipinski definition) is 4. The molecule has 0 aliphatic rings. The Morgan fingerprint density at radius 1 is 1.31 bits per heavy atom. The molecule has 4 nitrogen and oxygen atoms in total. The monoisotopic (exact) mass is 192 g/mol. The normalized spacial score (nSPS) is 10.6. The maximum absolute atomic E-state index is 4.85. The van der Waals surface area contributed by atoms with Crippen LogP contribution in [0.3, 0.4) is 0 Å². The van der Waals surface area contributed by atoms with Crippen LogP contribution in [0.25, 0.3) is 5.78 Å². The number of aromatic nitrogens is 4. The van der Waals surface area contributed by atoms with Crippen molar-refractivity contribution in [1.29, 1.82) is 0 Å². The maximum Gasteiger partial charge on any atom is 0.238 e. The predicted octanol–water partition coefficient (Wildman–Crippen LogP) is 1.47.